The zero-order chi connectivity index (χ0) is 25.6. The summed E-state index contributed by atoms with van der Waals surface area (Å²) >= 11 is 0. The predicted molar refractivity (Wildman–Crippen MR) is 121 cm³/mol. The van der Waals surface area contributed by atoms with Crippen molar-refractivity contribution in [3.8, 4) is 0 Å². The highest BCUT2D eigenvalue weighted by molar-refractivity contribution is 5.86. The molecular weight excluding hydrogens is 432 g/mol. The standard InChI is InChI=1S/C12H21NO4.C11H19NO4/c1-11(2,3)17-10(15)13-8-6-7-12(13,4)9(14)16-5;1-11(2,3)16-10(14)12-7-5-6-8(12)9(13)15-4/h6-8H2,1-5H3;8H,5-7H2,1-4H3. The number of methoxy groups -OCH3 is 2. The second-order valence-electron chi connectivity index (χ2n) is 10.4. The molecule has 2 saturated heterocycles. The van der Waals surface area contributed by atoms with E-state index in [-0.39, 0.29) is 11.9 Å². The van der Waals surface area contributed by atoms with Crippen molar-refractivity contribution in [2.75, 3.05) is 27.3 Å². The molecule has 0 N–H and O–H groups in total. The van der Waals surface area contributed by atoms with E-state index in [0.29, 0.717) is 25.9 Å². The number of carbonyl (C=O) groups excluding carboxylic acids is 4. The van der Waals surface area contributed by atoms with Gasteiger partial charge in [0.25, 0.3) is 0 Å². The lowest BCUT2D eigenvalue weighted by atomic mass is 10.00. The van der Waals surface area contributed by atoms with Crippen LogP contribution < -0.4 is 0 Å². The van der Waals surface area contributed by atoms with Gasteiger partial charge in [-0.1, -0.05) is 0 Å². The minimum Gasteiger partial charge on any atom is -0.467 e. The summed E-state index contributed by atoms with van der Waals surface area (Å²) < 4.78 is 19.9. The van der Waals surface area contributed by atoms with Gasteiger partial charge < -0.3 is 18.9 Å². The highest BCUT2D eigenvalue weighted by Gasteiger charge is 2.48. The van der Waals surface area contributed by atoms with Crippen LogP contribution in [0.5, 0.6) is 0 Å². The van der Waals surface area contributed by atoms with Gasteiger partial charge in [-0.05, 0) is 74.1 Å². The van der Waals surface area contributed by atoms with Crippen LogP contribution in [0.4, 0.5) is 9.59 Å². The molecule has 2 fully saturated rings. The maximum absolute atomic E-state index is 12.0. The van der Waals surface area contributed by atoms with Crippen molar-refractivity contribution in [3.63, 3.8) is 0 Å². The van der Waals surface area contributed by atoms with Crippen molar-refractivity contribution < 1.29 is 38.1 Å². The monoisotopic (exact) mass is 472 g/mol. The van der Waals surface area contributed by atoms with E-state index in [2.05, 4.69) is 4.74 Å². The fourth-order valence-corrected chi connectivity index (χ4v) is 3.69. The summed E-state index contributed by atoms with van der Waals surface area (Å²) in [5, 5.41) is 0. The quantitative estimate of drug-likeness (QED) is 0.443. The van der Waals surface area contributed by atoms with E-state index in [9.17, 15) is 19.2 Å². The van der Waals surface area contributed by atoms with Gasteiger partial charge in [0.2, 0.25) is 0 Å². The van der Waals surface area contributed by atoms with Gasteiger partial charge in [-0.3, -0.25) is 9.80 Å². The van der Waals surface area contributed by atoms with Crippen molar-refractivity contribution in [1.82, 2.24) is 9.80 Å². The Kier molecular flexibility index (Phi) is 9.56. The first kappa shape index (κ1) is 28.5. The van der Waals surface area contributed by atoms with Gasteiger partial charge in [-0.15, -0.1) is 0 Å². The fraction of sp³-hybridized carbons (Fsp3) is 0.826. The molecule has 10 heteroatoms. The number of amides is 2. The van der Waals surface area contributed by atoms with E-state index in [4.69, 9.17) is 14.2 Å². The average Bonchev–Trinajstić information content (AvgIpc) is 3.32. The molecule has 0 spiro atoms. The molecule has 0 radical (unpaired) electrons. The molecule has 2 atom stereocenters. The maximum Gasteiger partial charge on any atom is 0.411 e. The largest absolute Gasteiger partial charge is 0.467 e. The van der Waals surface area contributed by atoms with Gasteiger partial charge in [0, 0.05) is 13.1 Å². The molecule has 2 aliphatic heterocycles. The minimum absolute atomic E-state index is 0.372. The summed E-state index contributed by atoms with van der Waals surface area (Å²) in [5.41, 5.74) is -1.99. The second kappa shape index (κ2) is 11.1. The molecule has 2 unspecified atom stereocenters. The van der Waals surface area contributed by atoms with Gasteiger partial charge in [0.15, 0.2) is 0 Å². The molecule has 0 aromatic heterocycles. The Labute approximate surface area is 196 Å². The topological polar surface area (TPSA) is 112 Å². The molecular formula is C23H40N2O8. The van der Waals surface area contributed by atoms with E-state index in [1.165, 1.54) is 24.0 Å². The molecule has 2 rings (SSSR count). The Morgan fingerprint density at radius 3 is 1.85 bits per heavy atom. The number of likely N-dealkylation sites (tertiary alicyclic amines) is 2. The molecule has 0 aromatic carbocycles. The van der Waals surface area contributed by atoms with Crippen LogP contribution in [0.15, 0.2) is 0 Å². The Morgan fingerprint density at radius 2 is 1.36 bits per heavy atom. The average molecular weight is 473 g/mol. The number of esters is 2. The van der Waals surface area contributed by atoms with Crippen LogP contribution in [0.2, 0.25) is 0 Å². The fourth-order valence-electron chi connectivity index (χ4n) is 3.69. The van der Waals surface area contributed by atoms with Gasteiger partial charge in [0.05, 0.1) is 14.2 Å². The molecule has 0 aliphatic carbocycles. The van der Waals surface area contributed by atoms with Crippen LogP contribution in [0.1, 0.15) is 74.1 Å². The smallest absolute Gasteiger partial charge is 0.411 e. The third-order valence-electron chi connectivity index (χ3n) is 5.23. The van der Waals surface area contributed by atoms with Crippen molar-refractivity contribution in [3.05, 3.63) is 0 Å². The highest BCUT2D eigenvalue weighted by atomic mass is 16.6. The summed E-state index contributed by atoms with van der Waals surface area (Å²) in [7, 11) is 2.66. The lowest BCUT2D eigenvalue weighted by molar-refractivity contribution is -0.152. The van der Waals surface area contributed by atoms with Crippen LogP contribution in [0, 0.1) is 0 Å². The molecule has 2 heterocycles. The number of carbonyl (C=O) groups is 4. The predicted octanol–water partition coefficient (Wildman–Crippen LogP) is 3.51. The van der Waals surface area contributed by atoms with Gasteiger partial charge in [-0.2, -0.15) is 0 Å². The van der Waals surface area contributed by atoms with E-state index in [1.54, 1.807) is 48.5 Å². The van der Waals surface area contributed by atoms with Crippen LogP contribution in [-0.2, 0) is 28.5 Å². The number of hydrogen-bond acceptors (Lipinski definition) is 8. The SMILES string of the molecule is COC(=O)C1(C)CCCN1C(=O)OC(C)(C)C.COC(=O)C1CCCN1C(=O)OC(C)(C)C. The number of ether oxygens (including phenoxy) is 4. The Hall–Kier alpha value is -2.52. The lowest BCUT2D eigenvalue weighted by Gasteiger charge is -2.33. The summed E-state index contributed by atoms with van der Waals surface area (Å²) in [5.74, 6) is -0.760. The van der Waals surface area contributed by atoms with E-state index >= 15 is 0 Å². The molecule has 190 valence electrons. The zero-order valence-electron chi connectivity index (χ0n) is 21.5. The Balaban J connectivity index is 0.000000331. The molecule has 0 saturated carbocycles. The van der Waals surface area contributed by atoms with Crippen molar-refractivity contribution in [2.24, 2.45) is 0 Å². The Morgan fingerprint density at radius 1 is 0.818 bits per heavy atom. The van der Waals surface area contributed by atoms with E-state index < -0.39 is 35.0 Å². The minimum atomic E-state index is -0.892. The molecule has 0 aromatic rings. The summed E-state index contributed by atoms with van der Waals surface area (Å²) in [6.45, 7) is 13.6. The normalized spacial score (nSPS) is 22.8. The van der Waals surface area contributed by atoms with Gasteiger partial charge >= 0.3 is 24.1 Å². The van der Waals surface area contributed by atoms with Crippen molar-refractivity contribution >= 4 is 24.1 Å². The zero-order valence-corrected chi connectivity index (χ0v) is 21.5. The third-order valence-corrected chi connectivity index (χ3v) is 5.23. The Bertz CT molecular complexity index is 725. The molecule has 2 aliphatic rings. The first-order valence-electron chi connectivity index (χ1n) is 11.2. The van der Waals surface area contributed by atoms with Crippen LogP contribution in [0.25, 0.3) is 0 Å². The number of rotatable bonds is 2. The summed E-state index contributed by atoms with van der Waals surface area (Å²) in [6, 6.07) is -0.486. The van der Waals surface area contributed by atoms with E-state index in [0.717, 1.165) is 12.8 Å². The first-order valence-corrected chi connectivity index (χ1v) is 11.2. The number of hydrogen-bond donors (Lipinski definition) is 0. The second-order valence-corrected chi connectivity index (χ2v) is 10.4. The van der Waals surface area contributed by atoms with Gasteiger partial charge in [0.1, 0.15) is 22.8 Å². The number of nitrogens with zero attached hydrogens (tertiary/aromatic N) is 2. The van der Waals surface area contributed by atoms with Crippen LogP contribution >= 0.6 is 0 Å². The van der Waals surface area contributed by atoms with Crippen LogP contribution in [-0.4, -0.2) is 84.0 Å². The highest BCUT2D eigenvalue weighted by Crippen LogP contribution is 2.31. The molecule has 10 nitrogen and oxygen atoms in total. The maximum atomic E-state index is 12.0. The van der Waals surface area contributed by atoms with Gasteiger partial charge in [-0.25, -0.2) is 19.2 Å². The summed E-state index contributed by atoms with van der Waals surface area (Å²) in [6.07, 6.45) is 1.94. The summed E-state index contributed by atoms with van der Waals surface area (Å²) in [4.78, 5) is 49.9. The molecule has 2 amide bonds. The van der Waals surface area contributed by atoms with Crippen LogP contribution in [0.3, 0.4) is 0 Å². The van der Waals surface area contributed by atoms with Crippen molar-refractivity contribution in [1.29, 1.82) is 0 Å². The molecule has 0 bridgehead atoms. The lowest BCUT2D eigenvalue weighted by Crippen LogP contribution is -2.52. The van der Waals surface area contributed by atoms with Crippen molar-refractivity contribution in [2.45, 2.75) is 96.9 Å². The molecule has 33 heavy (non-hydrogen) atoms. The third kappa shape index (κ3) is 8.08. The first-order chi connectivity index (χ1) is 15.1. The van der Waals surface area contributed by atoms with E-state index in [1.807, 2.05) is 0 Å².